The third kappa shape index (κ3) is 4.66. The first-order chi connectivity index (χ1) is 29.7. The maximum atomic E-state index is 13.7. The lowest BCUT2D eigenvalue weighted by Gasteiger charge is -2.11. The van der Waals surface area contributed by atoms with Gasteiger partial charge in [0, 0.05) is 60.2 Å². The van der Waals surface area contributed by atoms with E-state index in [-0.39, 0.29) is 5.63 Å². The van der Waals surface area contributed by atoms with Crippen LogP contribution in [0.15, 0.2) is 209 Å². The Morgan fingerprint density at radius 1 is 0.283 bits per heavy atom. The summed E-state index contributed by atoms with van der Waals surface area (Å²) in [6.45, 7) is 0. The minimum atomic E-state index is -0.340. The lowest BCUT2D eigenvalue weighted by Crippen LogP contribution is -2.01. The molecule has 0 aliphatic carbocycles. The van der Waals surface area contributed by atoms with E-state index < -0.39 is 0 Å². The van der Waals surface area contributed by atoms with Gasteiger partial charge in [-0.15, -0.1) is 0 Å². The zero-order valence-corrected chi connectivity index (χ0v) is 32.2. The number of para-hydroxylation sites is 5. The van der Waals surface area contributed by atoms with Gasteiger partial charge in [-0.3, -0.25) is 0 Å². The molecule has 0 aliphatic rings. The molecule has 0 fully saturated rings. The Labute approximate surface area is 342 Å². The molecule has 13 rings (SSSR count). The maximum absolute atomic E-state index is 13.7. The summed E-state index contributed by atoms with van der Waals surface area (Å²) in [6.07, 6.45) is 0. The summed E-state index contributed by atoms with van der Waals surface area (Å²) in [5.74, 6) is 0. The summed E-state index contributed by atoms with van der Waals surface area (Å²) in [5, 5.41) is 9.32. The Hall–Kier alpha value is -8.15. The first-order valence-electron chi connectivity index (χ1n) is 20.3. The molecular formula is C55H33N3O2. The van der Waals surface area contributed by atoms with Gasteiger partial charge in [-0.1, -0.05) is 103 Å². The van der Waals surface area contributed by atoms with Gasteiger partial charge in [0.25, 0.3) is 0 Å². The molecule has 5 heteroatoms. The highest BCUT2D eigenvalue weighted by Gasteiger charge is 2.20. The van der Waals surface area contributed by atoms with Crippen LogP contribution in [0.25, 0.3) is 115 Å². The van der Waals surface area contributed by atoms with E-state index in [0.717, 1.165) is 77.2 Å². The third-order valence-corrected chi connectivity index (χ3v) is 12.5. The molecule has 0 saturated carbocycles. The van der Waals surface area contributed by atoms with Crippen LogP contribution in [0.5, 0.6) is 0 Å². The van der Waals surface area contributed by atoms with Crippen LogP contribution in [0.1, 0.15) is 0 Å². The predicted octanol–water partition coefficient (Wildman–Crippen LogP) is 13.9. The Bertz CT molecular complexity index is 3960. The van der Waals surface area contributed by atoms with Crippen molar-refractivity contribution in [1.29, 1.82) is 0 Å². The maximum Gasteiger partial charge on any atom is 0.344 e. The topological polar surface area (TPSA) is 45.0 Å². The summed E-state index contributed by atoms with van der Waals surface area (Å²) in [4.78, 5) is 13.7. The highest BCUT2D eigenvalue weighted by atomic mass is 16.4. The fourth-order valence-corrected chi connectivity index (χ4v) is 9.81. The van der Waals surface area contributed by atoms with Crippen molar-refractivity contribution in [1.82, 2.24) is 13.7 Å². The van der Waals surface area contributed by atoms with Crippen LogP contribution in [0.2, 0.25) is 0 Å². The molecule has 60 heavy (non-hydrogen) atoms. The molecule has 0 radical (unpaired) electrons. The molecule has 0 aliphatic heterocycles. The zero-order valence-electron chi connectivity index (χ0n) is 32.2. The summed E-state index contributed by atoms with van der Waals surface area (Å²) in [5.41, 5.74) is 12.4. The van der Waals surface area contributed by atoms with Crippen LogP contribution in [0, 0.1) is 0 Å². The molecule has 0 atom stereocenters. The van der Waals surface area contributed by atoms with E-state index in [0.29, 0.717) is 11.0 Å². The highest BCUT2D eigenvalue weighted by Crippen LogP contribution is 2.41. The molecular weight excluding hydrogens is 735 g/mol. The molecule has 4 heterocycles. The van der Waals surface area contributed by atoms with Crippen molar-refractivity contribution in [2.45, 2.75) is 0 Å². The third-order valence-electron chi connectivity index (χ3n) is 12.5. The van der Waals surface area contributed by atoms with E-state index in [9.17, 15) is 4.79 Å². The van der Waals surface area contributed by atoms with Crippen molar-refractivity contribution < 1.29 is 4.42 Å². The van der Waals surface area contributed by atoms with Crippen molar-refractivity contribution in [2.75, 3.05) is 0 Å². The lowest BCUT2D eigenvalue weighted by molar-refractivity contribution is 0.570. The van der Waals surface area contributed by atoms with Gasteiger partial charge in [0.2, 0.25) is 0 Å². The van der Waals surface area contributed by atoms with E-state index in [1.165, 1.54) is 27.2 Å². The smallest absolute Gasteiger partial charge is 0.344 e. The number of hydrogen-bond donors (Lipinski definition) is 0. The van der Waals surface area contributed by atoms with E-state index in [4.69, 9.17) is 4.42 Å². The predicted molar refractivity (Wildman–Crippen MR) is 248 cm³/mol. The molecule has 13 aromatic rings. The van der Waals surface area contributed by atoms with E-state index in [1.807, 2.05) is 30.3 Å². The number of nitrogens with zero attached hydrogens (tertiary/aromatic N) is 3. The summed E-state index contributed by atoms with van der Waals surface area (Å²) in [6, 6.07) is 70.8. The molecule has 4 aromatic heterocycles. The van der Waals surface area contributed by atoms with Gasteiger partial charge in [0.05, 0.1) is 38.5 Å². The van der Waals surface area contributed by atoms with Gasteiger partial charge in [-0.2, -0.15) is 0 Å². The van der Waals surface area contributed by atoms with Crippen molar-refractivity contribution in [2.24, 2.45) is 0 Å². The molecule has 0 unspecified atom stereocenters. The number of hydrogen-bond acceptors (Lipinski definition) is 2. The van der Waals surface area contributed by atoms with Crippen LogP contribution in [0.3, 0.4) is 0 Å². The van der Waals surface area contributed by atoms with Crippen molar-refractivity contribution in [3.8, 4) is 28.2 Å². The van der Waals surface area contributed by atoms with E-state index >= 15 is 0 Å². The van der Waals surface area contributed by atoms with Crippen LogP contribution in [0.4, 0.5) is 0 Å². The van der Waals surface area contributed by atoms with Crippen LogP contribution >= 0.6 is 0 Å². The lowest BCUT2D eigenvalue weighted by atomic mass is 9.99. The number of rotatable bonds is 4. The second-order valence-corrected chi connectivity index (χ2v) is 15.7. The minimum Gasteiger partial charge on any atom is -0.422 e. The van der Waals surface area contributed by atoms with Gasteiger partial charge in [-0.05, 0) is 108 Å². The Morgan fingerprint density at radius 2 is 0.733 bits per heavy atom. The average molecular weight is 768 g/mol. The van der Waals surface area contributed by atoms with Crippen LogP contribution in [-0.4, -0.2) is 13.7 Å². The Morgan fingerprint density at radius 3 is 1.35 bits per heavy atom. The average Bonchev–Trinajstić information content (AvgIpc) is 3.93. The second-order valence-electron chi connectivity index (χ2n) is 15.7. The minimum absolute atomic E-state index is 0.340. The number of fused-ring (bicyclic) bond motifs is 12. The van der Waals surface area contributed by atoms with Crippen LogP contribution in [-0.2, 0) is 0 Å². The van der Waals surface area contributed by atoms with Gasteiger partial charge in [0.1, 0.15) is 5.58 Å². The van der Waals surface area contributed by atoms with Crippen molar-refractivity contribution in [3.63, 3.8) is 0 Å². The van der Waals surface area contributed by atoms with Gasteiger partial charge >= 0.3 is 5.63 Å². The molecule has 0 spiro atoms. The molecule has 9 aromatic carbocycles. The standard InChI is InChI=1S/C55H33N3O2/c59-55-47-33-53-46(32-42(47)41-19-9-12-22-54(41)60-55)44-30-35(34-23-26-50-43(29-34)39-17-7-10-20-48(39)56(50)36-13-3-1-4-14-36)24-27-51(44)58(53)38-25-28-52-45(31-38)40-18-8-11-21-49(40)57(52)37-15-5-2-6-16-37/h1-33H. The van der Waals surface area contributed by atoms with E-state index in [2.05, 4.69) is 184 Å². The normalized spacial score (nSPS) is 12.1. The molecule has 5 nitrogen and oxygen atoms in total. The zero-order chi connectivity index (χ0) is 39.5. The Balaban J connectivity index is 1.08. The molecule has 0 saturated heterocycles. The fraction of sp³-hybridized carbons (Fsp3) is 0. The van der Waals surface area contributed by atoms with Crippen molar-refractivity contribution >= 4 is 87.2 Å². The monoisotopic (exact) mass is 767 g/mol. The van der Waals surface area contributed by atoms with Gasteiger partial charge in [0.15, 0.2) is 0 Å². The second kappa shape index (κ2) is 12.4. The largest absolute Gasteiger partial charge is 0.422 e. The quantitative estimate of drug-likeness (QED) is 0.132. The van der Waals surface area contributed by atoms with Crippen LogP contribution < -0.4 is 5.63 Å². The number of benzene rings is 9. The highest BCUT2D eigenvalue weighted by molar-refractivity contribution is 6.19. The molecule has 0 amide bonds. The van der Waals surface area contributed by atoms with E-state index in [1.54, 1.807) is 0 Å². The fourth-order valence-electron chi connectivity index (χ4n) is 9.81. The SMILES string of the molecule is O=c1oc2ccccc2c2cc3c4cc(-c5ccc6c(c5)c5ccccc5n6-c5ccccc5)ccc4n(-c4ccc5c(c4)c4ccccc4n5-c4ccccc4)c3cc12. The molecule has 0 N–H and O–H groups in total. The number of aromatic nitrogens is 3. The first-order valence-corrected chi connectivity index (χ1v) is 20.3. The summed E-state index contributed by atoms with van der Waals surface area (Å²) >= 11 is 0. The molecule has 0 bridgehead atoms. The summed E-state index contributed by atoms with van der Waals surface area (Å²) in [7, 11) is 0. The first kappa shape index (κ1) is 32.9. The molecule has 280 valence electrons. The summed E-state index contributed by atoms with van der Waals surface area (Å²) < 4.78 is 12.9. The van der Waals surface area contributed by atoms with Gasteiger partial charge in [-0.25, -0.2) is 4.79 Å². The van der Waals surface area contributed by atoms with Gasteiger partial charge < -0.3 is 18.1 Å². The Kier molecular flexibility index (Phi) is 6.81. The van der Waals surface area contributed by atoms with Crippen molar-refractivity contribution in [3.05, 3.63) is 211 Å².